The number of hydrogen-bond donors (Lipinski definition) is 0. The van der Waals surface area contributed by atoms with Crippen molar-refractivity contribution in [3.05, 3.63) is 0 Å². The maximum absolute atomic E-state index is 12.4. The number of Topliss-reactive ketones (excluding diaryl/α,β-unsaturated/α-hetero) is 1. The van der Waals surface area contributed by atoms with E-state index in [0.717, 1.165) is 38.5 Å². The van der Waals surface area contributed by atoms with Crippen molar-refractivity contribution in [2.75, 3.05) is 0 Å². The van der Waals surface area contributed by atoms with E-state index >= 15 is 0 Å². The predicted molar refractivity (Wildman–Crippen MR) is 51.7 cm³/mol. The molecule has 0 saturated carbocycles. The standard InChI is InChI=1S/C7H7O.C6H4N.Fe/c1-6(8)7-4-2-3-5-7;7-5-6-3-1-2-4-6;/h2-5H,1H3;1-4H;. The van der Waals surface area contributed by atoms with Crippen LogP contribution in [0.4, 0.5) is 0 Å². The molecule has 3 heteroatoms. The van der Waals surface area contributed by atoms with E-state index in [1.165, 1.54) is 0 Å². The van der Waals surface area contributed by atoms with E-state index in [2.05, 4.69) is 6.07 Å². The molecule has 0 aliphatic carbocycles. The molecule has 10 aliphatic rings. The quantitative estimate of drug-likeness (QED) is 0.673. The second kappa shape index (κ2) is 0.383. The third-order valence-corrected chi connectivity index (χ3v) is 58.2. The first-order chi connectivity index (χ1) is 7.44. The summed E-state index contributed by atoms with van der Waals surface area (Å²) in [5.74, 6) is 0.577. The number of nitrogens with zero attached hydrogens (tertiary/aromatic N) is 1. The SMILES string of the molecule is CC(=O)[C]12[CH]3[CH]4[CH]5[CH]1[Fe]45321678[CH]2[CH]1[CH]6[C]7(C#N)[CH]28. The third-order valence-electron chi connectivity index (χ3n) is 15.5. The van der Waals surface area contributed by atoms with Crippen LogP contribution in [0.25, 0.3) is 0 Å². The average molecular weight is 253 g/mol. The Morgan fingerprint density at radius 1 is 1.12 bits per heavy atom. The molecule has 0 N–H and O–H groups in total. The zero-order valence-corrected chi connectivity index (χ0v) is 9.93. The summed E-state index contributed by atoms with van der Waals surface area (Å²) in [5.41, 5.74) is 0. The summed E-state index contributed by atoms with van der Waals surface area (Å²) in [6.07, 6.45) is 0. The first-order valence-electron chi connectivity index (χ1n) is 6.57. The van der Waals surface area contributed by atoms with Crippen molar-refractivity contribution < 1.29 is 11.3 Å². The van der Waals surface area contributed by atoms with E-state index in [1.54, 1.807) is 0 Å². The fraction of sp³-hybridized carbons (Fsp3) is 0.846. The molecule has 0 aromatic heterocycles. The van der Waals surface area contributed by atoms with Crippen LogP contribution in [0, 0.1) is 11.3 Å². The van der Waals surface area contributed by atoms with Gasteiger partial charge in [0.15, 0.2) is 0 Å². The monoisotopic (exact) mass is 253 g/mol. The first-order valence-corrected chi connectivity index (χ1v) is 12.8. The van der Waals surface area contributed by atoms with Crippen LogP contribution in [0.3, 0.4) is 0 Å². The first kappa shape index (κ1) is 5.55. The molecule has 0 bridgehead atoms. The Bertz CT molecular complexity index is 1090. The van der Waals surface area contributed by atoms with Crippen LogP contribution in [0.5, 0.6) is 0 Å². The molecule has 10 rings (SSSR count). The van der Waals surface area contributed by atoms with Crippen molar-refractivity contribution in [1.82, 2.24) is 0 Å². The van der Waals surface area contributed by atoms with Crippen LogP contribution in [0.15, 0.2) is 0 Å². The van der Waals surface area contributed by atoms with Gasteiger partial charge in [-0.25, -0.2) is 0 Å². The summed E-state index contributed by atoms with van der Waals surface area (Å²) >= 11 is 0. The summed E-state index contributed by atoms with van der Waals surface area (Å²) < 4.78 is 0.560. The summed E-state index contributed by atoms with van der Waals surface area (Å²) in [5, 5.41) is 9.83. The molecule has 10 saturated heterocycles. The average Bonchev–Trinajstić information content (AvgIpc) is 3.22. The van der Waals surface area contributed by atoms with E-state index < -0.39 is 6.51 Å². The molecule has 8 unspecified atom stereocenters. The van der Waals surface area contributed by atoms with Crippen LogP contribution in [-0.4, -0.2) is 5.78 Å². The van der Waals surface area contributed by atoms with Gasteiger partial charge in [0.2, 0.25) is 0 Å². The number of fused-ring (bicyclic) bond motifs is 10. The molecule has 1 spiro atoms. The molecular weight excluding hydrogens is 242 g/mol. The van der Waals surface area contributed by atoms with Gasteiger partial charge in [0.25, 0.3) is 0 Å². The van der Waals surface area contributed by atoms with Gasteiger partial charge in [0.1, 0.15) is 0 Å². The molecule has 0 amide bonds. The van der Waals surface area contributed by atoms with Crippen LogP contribution in [0.2, 0.25) is 47.2 Å². The molecule has 0 aromatic carbocycles. The second-order valence-corrected chi connectivity index (χ2v) is 33.6. The number of rotatable bonds is 1. The van der Waals surface area contributed by atoms with Crippen molar-refractivity contribution >= 4 is 5.78 Å². The summed E-state index contributed by atoms with van der Waals surface area (Å²) in [6, 6.07) is 2.88. The Morgan fingerprint density at radius 3 is 1.81 bits per heavy atom. The molecule has 10 heterocycles. The molecule has 82 valence electrons. The van der Waals surface area contributed by atoms with Gasteiger partial charge in [-0.1, -0.05) is 0 Å². The second-order valence-electron chi connectivity index (χ2n) is 10.4. The van der Waals surface area contributed by atoms with Gasteiger partial charge in [0.05, 0.1) is 0 Å². The Kier molecular flexibility index (Phi) is 0.133. The Balaban J connectivity index is 1.87. The minimum atomic E-state index is -3.52. The number of carbonyl (C=O) groups excluding carboxylic acids is 1. The number of carbonyl (C=O) groups is 1. The molecule has 16 heavy (non-hydrogen) atoms. The predicted octanol–water partition coefficient (Wildman–Crippen LogP) is 3.23. The number of ketones is 1. The van der Waals surface area contributed by atoms with Crippen molar-refractivity contribution in [3.63, 3.8) is 0 Å². The van der Waals surface area contributed by atoms with Gasteiger partial charge in [-0.15, -0.1) is 0 Å². The zero-order valence-electron chi connectivity index (χ0n) is 8.83. The Morgan fingerprint density at radius 2 is 1.62 bits per heavy atom. The van der Waals surface area contributed by atoms with E-state index in [1.807, 2.05) is 6.92 Å². The van der Waals surface area contributed by atoms with Gasteiger partial charge in [-0.3, -0.25) is 0 Å². The summed E-state index contributed by atoms with van der Waals surface area (Å²) in [6.45, 7) is -1.62. The van der Waals surface area contributed by atoms with Crippen molar-refractivity contribution in [3.8, 4) is 6.07 Å². The van der Waals surface area contributed by atoms with Crippen molar-refractivity contribution in [1.29, 1.82) is 5.26 Å². The van der Waals surface area contributed by atoms with Crippen molar-refractivity contribution in [2.45, 2.75) is 54.1 Å². The topological polar surface area (TPSA) is 40.9 Å². The number of hydrogen-bond acceptors (Lipinski definition) is 2. The van der Waals surface area contributed by atoms with Gasteiger partial charge >= 0.3 is 82.5 Å². The van der Waals surface area contributed by atoms with Gasteiger partial charge < -0.3 is 0 Å². The molecule has 0 aromatic rings. The Labute approximate surface area is 82.7 Å². The molecular formula is C13H11FeNO. The minimum absolute atomic E-state index is 0.264. The normalized spacial score (nSPS) is 130. The maximum atomic E-state index is 12.4. The fourth-order valence-corrected chi connectivity index (χ4v) is 92.9. The van der Waals surface area contributed by atoms with Gasteiger partial charge in [0, 0.05) is 0 Å². The van der Waals surface area contributed by atoms with Crippen LogP contribution in [0.1, 0.15) is 6.92 Å². The van der Waals surface area contributed by atoms with Crippen LogP contribution < -0.4 is 0 Å². The zero-order chi connectivity index (χ0) is 10.2. The summed E-state index contributed by atoms with van der Waals surface area (Å²) in [7, 11) is 0. The number of nitriles is 1. The fourth-order valence-electron chi connectivity index (χ4n) is 17.8. The van der Waals surface area contributed by atoms with Crippen molar-refractivity contribution in [2.24, 2.45) is 0 Å². The van der Waals surface area contributed by atoms with Gasteiger partial charge in [-0.2, -0.15) is 0 Å². The molecule has 10 fully saturated rings. The molecule has 8 atom stereocenters. The third kappa shape index (κ3) is 0.0399. The van der Waals surface area contributed by atoms with E-state index in [-0.39, 0.29) is 4.31 Å². The van der Waals surface area contributed by atoms with E-state index in [9.17, 15) is 10.1 Å². The summed E-state index contributed by atoms with van der Waals surface area (Å²) in [4.78, 5) is 20.4. The van der Waals surface area contributed by atoms with Crippen LogP contribution in [-0.2, 0) is 11.3 Å². The van der Waals surface area contributed by atoms with Gasteiger partial charge in [-0.05, 0) is 0 Å². The molecule has 10 aliphatic heterocycles. The van der Waals surface area contributed by atoms with E-state index in [0.29, 0.717) is 10.1 Å². The Hall–Kier alpha value is -0.321. The molecule has 0 radical (unpaired) electrons. The van der Waals surface area contributed by atoms with Crippen LogP contribution >= 0.6 is 0 Å². The molecule has 2 nitrogen and oxygen atoms in total. The van der Waals surface area contributed by atoms with E-state index in [4.69, 9.17) is 0 Å².